The topological polar surface area (TPSA) is 15.7 Å². The highest BCUT2D eigenvalue weighted by Crippen LogP contribution is 2.36. The highest BCUT2D eigenvalue weighted by molar-refractivity contribution is 5.63. The van der Waals surface area contributed by atoms with Crippen molar-refractivity contribution < 1.29 is 26.7 Å². The number of rotatable bonds is 8. The molecule has 194 valence electrons. The predicted octanol–water partition coefficient (Wildman–Crippen LogP) is 7.91. The van der Waals surface area contributed by atoms with Crippen LogP contribution >= 0.6 is 0 Å². The molecule has 0 aromatic heterocycles. The summed E-state index contributed by atoms with van der Waals surface area (Å²) >= 11 is 0. The van der Waals surface area contributed by atoms with Crippen molar-refractivity contribution in [3.63, 3.8) is 0 Å². The van der Waals surface area contributed by atoms with Gasteiger partial charge >= 0.3 is 6.18 Å². The standard InChI is InChI=1S/C20H24F3NO.C7H11F2N/c1-5-14(2)17-10-8-16(9-11-17)13-24(4)19-18(7-6-12-25-19)15(3)20(21,22)23;1-3-5-10(2)6-4-7(8)9/h5,8-11H,3,6-7,12-13H2,1-2,4H3;3-7H,1-2H3/b14-5+;5-3-,6-4+. The van der Waals surface area contributed by atoms with Crippen molar-refractivity contribution in [2.45, 2.75) is 52.8 Å². The summed E-state index contributed by atoms with van der Waals surface area (Å²) in [5.74, 6) is 0.280. The minimum absolute atomic E-state index is 0.155. The number of hydrogen-bond donors (Lipinski definition) is 0. The monoisotopic (exact) mass is 498 g/mol. The van der Waals surface area contributed by atoms with E-state index < -0.39 is 18.2 Å². The van der Waals surface area contributed by atoms with Crippen LogP contribution in [-0.2, 0) is 11.3 Å². The van der Waals surface area contributed by atoms with Gasteiger partial charge in [-0.25, -0.2) is 8.78 Å². The molecule has 0 unspecified atom stereocenters. The minimum Gasteiger partial charge on any atom is -0.479 e. The van der Waals surface area contributed by atoms with Crippen LogP contribution in [0.2, 0.25) is 0 Å². The third-order valence-corrected chi connectivity index (χ3v) is 5.23. The molecule has 8 heteroatoms. The summed E-state index contributed by atoms with van der Waals surface area (Å²) in [6.45, 7) is 9.98. The van der Waals surface area contributed by atoms with Crippen LogP contribution in [0.4, 0.5) is 22.0 Å². The highest BCUT2D eigenvalue weighted by atomic mass is 19.4. The Morgan fingerprint density at radius 2 is 1.74 bits per heavy atom. The van der Waals surface area contributed by atoms with Crippen molar-refractivity contribution in [2.24, 2.45) is 0 Å². The van der Waals surface area contributed by atoms with Gasteiger partial charge in [0.1, 0.15) is 0 Å². The zero-order chi connectivity index (χ0) is 26.6. The largest absolute Gasteiger partial charge is 0.479 e. The molecule has 0 N–H and O–H groups in total. The lowest BCUT2D eigenvalue weighted by Crippen LogP contribution is -2.27. The SMILES string of the molecule is C/C=C\N(C)/C=C/C(F)F.C=C(C1=C(N(C)Cc2ccc(/C(C)=C/C)cc2)OCCC1)C(F)(F)F. The Hall–Kier alpha value is -3.03. The van der Waals surface area contributed by atoms with Gasteiger partial charge in [-0.3, -0.25) is 0 Å². The van der Waals surface area contributed by atoms with E-state index in [1.165, 1.54) is 11.8 Å². The van der Waals surface area contributed by atoms with Crippen molar-refractivity contribution in [3.05, 3.63) is 89.6 Å². The number of allylic oxidation sites excluding steroid dienone is 6. The summed E-state index contributed by atoms with van der Waals surface area (Å²) in [6, 6.07) is 8.01. The number of hydrogen-bond acceptors (Lipinski definition) is 3. The van der Waals surface area contributed by atoms with Gasteiger partial charge in [-0.05, 0) is 62.6 Å². The molecule has 0 saturated carbocycles. The van der Waals surface area contributed by atoms with Gasteiger partial charge in [-0.15, -0.1) is 0 Å². The molecule has 0 atom stereocenters. The third-order valence-electron chi connectivity index (χ3n) is 5.23. The molecule has 1 aromatic carbocycles. The zero-order valence-corrected chi connectivity index (χ0v) is 21.0. The Morgan fingerprint density at radius 3 is 2.26 bits per heavy atom. The first kappa shape index (κ1) is 30.0. The first-order chi connectivity index (χ1) is 16.4. The molecular formula is C27H35F5N2O. The van der Waals surface area contributed by atoms with Crippen molar-refractivity contribution in [1.82, 2.24) is 9.80 Å². The van der Waals surface area contributed by atoms with E-state index in [0.29, 0.717) is 26.0 Å². The third kappa shape index (κ3) is 10.4. The van der Waals surface area contributed by atoms with Crippen molar-refractivity contribution >= 4 is 5.57 Å². The van der Waals surface area contributed by atoms with E-state index in [0.717, 1.165) is 17.2 Å². The van der Waals surface area contributed by atoms with E-state index in [9.17, 15) is 22.0 Å². The fraction of sp³-hybridized carbons (Fsp3) is 0.407. The molecule has 1 aliphatic heterocycles. The molecule has 0 amide bonds. The van der Waals surface area contributed by atoms with E-state index in [1.807, 2.05) is 51.1 Å². The van der Waals surface area contributed by atoms with Gasteiger partial charge in [0.15, 0.2) is 5.88 Å². The Bertz CT molecular complexity index is 928. The summed E-state index contributed by atoms with van der Waals surface area (Å²) in [6.07, 6.45) is 1.76. The minimum atomic E-state index is -4.44. The van der Waals surface area contributed by atoms with Crippen LogP contribution in [0.5, 0.6) is 0 Å². The highest BCUT2D eigenvalue weighted by Gasteiger charge is 2.37. The van der Waals surface area contributed by atoms with Crippen molar-refractivity contribution in [2.75, 3.05) is 20.7 Å². The molecule has 0 radical (unpaired) electrons. The molecule has 1 aliphatic rings. The average Bonchev–Trinajstić information content (AvgIpc) is 2.82. The van der Waals surface area contributed by atoms with Crippen LogP contribution < -0.4 is 0 Å². The fourth-order valence-electron chi connectivity index (χ4n) is 3.27. The number of alkyl halides is 5. The van der Waals surface area contributed by atoms with Crippen LogP contribution in [0.3, 0.4) is 0 Å². The molecule has 2 rings (SSSR count). The van der Waals surface area contributed by atoms with Gasteiger partial charge < -0.3 is 14.5 Å². The molecule has 0 fully saturated rings. The molecule has 0 spiro atoms. The Kier molecular flexibility index (Phi) is 12.3. The molecule has 3 nitrogen and oxygen atoms in total. The fourth-order valence-corrected chi connectivity index (χ4v) is 3.27. The van der Waals surface area contributed by atoms with Crippen molar-refractivity contribution in [3.8, 4) is 0 Å². The second-order valence-corrected chi connectivity index (χ2v) is 8.06. The van der Waals surface area contributed by atoms with Gasteiger partial charge in [0, 0.05) is 32.4 Å². The maximum absolute atomic E-state index is 13.0. The molecule has 1 heterocycles. The van der Waals surface area contributed by atoms with Crippen LogP contribution in [0.25, 0.3) is 5.57 Å². The maximum Gasteiger partial charge on any atom is 0.416 e. The Labute approximate surface area is 205 Å². The summed E-state index contributed by atoms with van der Waals surface area (Å²) < 4.78 is 67.7. The summed E-state index contributed by atoms with van der Waals surface area (Å²) in [7, 11) is 3.44. The number of benzene rings is 1. The summed E-state index contributed by atoms with van der Waals surface area (Å²) in [5, 5.41) is 0. The Morgan fingerprint density at radius 1 is 1.11 bits per heavy atom. The van der Waals surface area contributed by atoms with Gasteiger partial charge in [-0.1, -0.05) is 43.0 Å². The quantitative estimate of drug-likeness (QED) is 0.339. The van der Waals surface area contributed by atoms with E-state index >= 15 is 0 Å². The van der Waals surface area contributed by atoms with Gasteiger partial charge in [0.2, 0.25) is 0 Å². The normalized spacial score (nSPS) is 14.8. The lowest BCUT2D eigenvalue weighted by molar-refractivity contribution is -0.0905. The molecule has 0 aliphatic carbocycles. The second-order valence-electron chi connectivity index (χ2n) is 8.06. The smallest absolute Gasteiger partial charge is 0.416 e. The van der Waals surface area contributed by atoms with Crippen LogP contribution in [0.1, 0.15) is 44.7 Å². The maximum atomic E-state index is 13.0. The first-order valence-corrected chi connectivity index (χ1v) is 11.3. The van der Waals surface area contributed by atoms with Crippen LogP contribution in [0.15, 0.2) is 78.5 Å². The Balaban J connectivity index is 0.000000518. The lowest BCUT2D eigenvalue weighted by atomic mass is 10.0. The predicted molar refractivity (Wildman–Crippen MR) is 132 cm³/mol. The summed E-state index contributed by atoms with van der Waals surface area (Å²) in [4.78, 5) is 3.29. The first-order valence-electron chi connectivity index (χ1n) is 11.3. The summed E-state index contributed by atoms with van der Waals surface area (Å²) in [5.41, 5.74) is 2.67. The number of halogens is 5. The second kappa shape index (κ2) is 14.4. The van der Waals surface area contributed by atoms with E-state index in [1.54, 1.807) is 36.2 Å². The molecule has 35 heavy (non-hydrogen) atoms. The van der Waals surface area contributed by atoms with Gasteiger partial charge in [0.05, 0.1) is 12.2 Å². The van der Waals surface area contributed by atoms with E-state index in [2.05, 4.69) is 6.58 Å². The van der Waals surface area contributed by atoms with Crippen molar-refractivity contribution in [1.29, 1.82) is 0 Å². The van der Waals surface area contributed by atoms with Crippen LogP contribution in [-0.4, -0.2) is 43.1 Å². The lowest BCUT2D eigenvalue weighted by Gasteiger charge is -2.30. The van der Waals surface area contributed by atoms with Gasteiger partial charge in [-0.2, -0.15) is 13.2 Å². The number of ether oxygens (including phenoxy) is 1. The molecular weight excluding hydrogens is 463 g/mol. The molecule has 0 bridgehead atoms. The molecule has 1 aromatic rings. The zero-order valence-electron chi connectivity index (χ0n) is 21.0. The molecule has 0 saturated heterocycles. The van der Waals surface area contributed by atoms with Crippen LogP contribution in [0, 0.1) is 0 Å². The van der Waals surface area contributed by atoms with Gasteiger partial charge in [0.25, 0.3) is 6.43 Å². The van der Waals surface area contributed by atoms with E-state index in [-0.39, 0.29) is 11.5 Å². The van der Waals surface area contributed by atoms with E-state index in [4.69, 9.17) is 4.74 Å². The number of nitrogens with zero attached hydrogens (tertiary/aromatic N) is 2. The average molecular weight is 499 g/mol.